The van der Waals surface area contributed by atoms with Gasteiger partial charge in [-0.05, 0) is 12.3 Å². The second kappa shape index (κ2) is 5.09. The van der Waals surface area contributed by atoms with Crippen molar-refractivity contribution in [2.24, 2.45) is 5.92 Å². The Morgan fingerprint density at radius 2 is 1.75 bits per heavy atom. The van der Waals surface area contributed by atoms with E-state index in [0.717, 1.165) is 12.1 Å². The van der Waals surface area contributed by atoms with E-state index in [0.29, 0.717) is 11.7 Å². The number of hydrogen-bond acceptors (Lipinski definition) is 5. The van der Waals surface area contributed by atoms with Crippen LogP contribution in [-0.4, -0.2) is 17.0 Å². The lowest BCUT2D eigenvalue weighted by atomic mass is 10.1. The number of nitrogens with zero attached hydrogens (tertiary/aromatic N) is 4. The molecule has 1 aromatic heterocycles. The van der Waals surface area contributed by atoms with Gasteiger partial charge >= 0.3 is 0 Å². The first-order chi connectivity index (χ1) is 7.62. The van der Waals surface area contributed by atoms with E-state index in [-0.39, 0.29) is 11.4 Å². The zero-order valence-electron chi connectivity index (χ0n) is 9.57. The summed E-state index contributed by atoms with van der Waals surface area (Å²) in [6, 6.07) is 3.75. The highest BCUT2D eigenvalue weighted by atomic mass is 15.0. The first kappa shape index (κ1) is 11.9. The Morgan fingerprint density at radius 1 is 1.19 bits per heavy atom. The van der Waals surface area contributed by atoms with Crippen LogP contribution in [0.25, 0.3) is 0 Å². The molecule has 0 radical (unpaired) electrons. The van der Waals surface area contributed by atoms with Crippen LogP contribution >= 0.6 is 0 Å². The number of rotatable bonds is 3. The zero-order valence-corrected chi connectivity index (χ0v) is 9.57. The fraction of sp³-hybridized carbons (Fsp3) is 0.455. The van der Waals surface area contributed by atoms with Gasteiger partial charge < -0.3 is 5.32 Å². The Labute approximate surface area is 94.8 Å². The van der Waals surface area contributed by atoms with Crippen molar-refractivity contribution in [2.45, 2.75) is 20.3 Å². The lowest BCUT2D eigenvalue weighted by molar-refractivity contribution is 0.633. The van der Waals surface area contributed by atoms with Gasteiger partial charge in [0.15, 0.2) is 11.4 Å². The highest BCUT2D eigenvalue weighted by Crippen LogP contribution is 2.16. The van der Waals surface area contributed by atoms with Gasteiger partial charge in [-0.1, -0.05) is 13.8 Å². The van der Waals surface area contributed by atoms with E-state index in [1.807, 2.05) is 12.1 Å². The van der Waals surface area contributed by atoms with Gasteiger partial charge in [0.25, 0.3) is 0 Å². The SMILES string of the molecule is CNc1nc(C#N)c(C#N)nc1CC(C)C. The minimum Gasteiger partial charge on any atom is -0.372 e. The van der Waals surface area contributed by atoms with Gasteiger partial charge in [-0.3, -0.25) is 0 Å². The molecule has 0 aliphatic heterocycles. The molecule has 0 atom stereocenters. The molecular weight excluding hydrogens is 202 g/mol. The number of nitriles is 2. The standard InChI is InChI=1S/C11H13N5/c1-7(2)4-8-11(14-3)16-10(6-13)9(5-12)15-8/h7H,4H2,1-3H3,(H,14,16). The Morgan fingerprint density at radius 3 is 2.19 bits per heavy atom. The minimum absolute atomic E-state index is 0.0688. The van der Waals surface area contributed by atoms with Gasteiger partial charge in [-0.25, -0.2) is 9.97 Å². The van der Waals surface area contributed by atoms with Gasteiger partial charge in [0.2, 0.25) is 0 Å². The van der Waals surface area contributed by atoms with Gasteiger partial charge in [0.05, 0.1) is 5.69 Å². The summed E-state index contributed by atoms with van der Waals surface area (Å²) in [6.45, 7) is 4.12. The Balaban J connectivity index is 3.29. The summed E-state index contributed by atoms with van der Waals surface area (Å²) in [6.07, 6.45) is 0.726. The van der Waals surface area contributed by atoms with E-state index < -0.39 is 0 Å². The Bertz CT molecular complexity index is 464. The molecule has 0 aromatic carbocycles. The molecule has 16 heavy (non-hydrogen) atoms. The second-order valence-corrected chi connectivity index (χ2v) is 3.79. The van der Waals surface area contributed by atoms with Gasteiger partial charge in [-0.2, -0.15) is 10.5 Å². The third kappa shape index (κ3) is 2.46. The van der Waals surface area contributed by atoms with E-state index in [1.54, 1.807) is 7.05 Å². The number of hydrogen-bond donors (Lipinski definition) is 1. The van der Waals surface area contributed by atoms with Crippen molar-refractivity contribution in [3.8, 4) is 12.1 Å². The van der Waals surface area contributed by atoms with Crippen molar-refractivity contribution < 1.29 is 0 Å². The normalized spacial score (nSPS) is 9.62. The average Bonchev–Trinajstić information content (AvgIpc) is 2.27. The quantitative estimate of drug-likeness (QED) is 0.824. The second-order valence-electron chi connectivity index (χ2n) is 3.79. The molecule has 1 heterocycles. The van der Waals surface area contributed by atoms with Crippen molar-refractivity contribution in [1.29, 1.82) is 10.5 Å². The van der Waals surface area contributed by atoms with Gasteiger partial charge in [-0.15, -0.1) is 0 Å². The first-order valence-corrected chi connectivity index (χ1v) is 5.01. The minimum atomic E-state index is 0.0688. The van der Waals surface area contributed by atoms with Crippen molar-refractivity contribution >= 4 is 5.82 Å². The maximum absolute atomic E-state index is 8.85. The molecule has 0 unspecified atom stereocenters. The summed E-state index contributed by atoms with van der Waals surface area (Å²) in [5.74, 6) is 0.991. The number of nitrogens with one attached hydrogen (secondary N) is 1. The third-order valence-electron chi connectivity index (χ3n) is 2.02. The van der Waals surface area contributed by atoms with E-state index in [9.17, 15) is 0 Å². The van der Waals surface area contributed by atoms with Crippen molar-refractivity contribution in [3.05, 3.63) is 17.1 Å². The van der Waals surface area contributed by atoms with Gasteiger partial charge in [0, 0.05) is 7.05 Å². The zero-order chi connectivity index (χ0) is 12.1. The molecule has 0 fully saturated rings. The molecule has 0 aliphatic carbocycles. The molecule has 82 valence electrons. The van der Waals surface area contributed by atoms with Crippen LogP contribution < -0.4 is 5.32 Å². The fourth-order valence-electron chi connectivity index (χ4n) is 1.36. The largest absolute Gasteiger partial charge is 0.372 e. The molecular formula is C11H13N5. The molecule has 0 saturated carbocycles. The van der Waals surface area contributed by atoms with E-state index >= 15 is 0 Å². The summed E-state index contributed by atoms with van der Waals surface area (Å²) in [5.41, 5.74) is 0.893. The molecule has 0 amide bonds. The molecule has 0 saturated heterocycles. The van der Waals surface area contributed by atoms with Crippen LogP contribution in [0.2, 0.25) is 0 Å². The van der Waals surface area contributed by atoms with Crippen molar-refractivity contribution in [2.75, 3.05) is 12.4 Å². The average molecular weight is 215 g/mol. The fourth-order valence-corrected chi connectivity index (χ4v) is 1.36. The van der Waals surface area contributed by atoms with E-state index in [2.05, 4.69) is 29.1 Å². The van der Waals surface area contributed by atoms with Crippen LogP contribution in [0.15, 0.2) is 0 Å². The molecule has 5 nitrogen and oxygen atoms in total. The van der Waals surface area contributed by atoms with Crippen LogP contribution in [0.5, 0.6) is 0 Å². The lowest BCUT2D eigenvalue weighted by Crippen LogP contribution is -2.08. The number of anilines is 1. The summed E-state index contributed by atoms with van der Waals surface area (Å²) in [4.78, 5) is 8.24. The first-order valence-electron chi connectivity index (χ1n) is 5.01. The third-order valence-corrected chi connectivity index (χ3v) is 2.02. The molecule has 1 rings (SSSR count). The highest BCUT2D eigenvalue weighted by molar-refractivity contribution is 5.47. The lowest BCUT2D eigenvalue weighted by Gasteiger charge is -2.10. The molecule has 5 heteroatoms. The molecule has 0 bridgehead atoms. The van der Waals surface area contributed by atoms with E-state index in [1.165, 1.54) is 0 Å². The van der Waals surface area contributed by atoms with Crippen LogP contribution in [0.1, 0.15) is 30.9 Å². The Hall–Kier alpha value is -2.14. The molecule has 1 N–H and O–H groups in total. The van der Waals surface area contributed by atoms with Crippen molar-refractivity contribution in [3.63, 3.8) is 0 Å². The maximum atomic E-state index is 8.85. The van der Waals surface area contributed by atoms with Crippen LogP contribution in [0, 0.1) is 28.6 Å². The van der Waals surface area contributed by atoms with E-state index in [4.69, 9.17) is 10.5 Å². The topological polar surface area (TPSA) is 85.4 Å². The molecule has 0 spiro atoms. The Kier molecular flexibility index (Phi) is 3.79. The summed E-state index contributed by atoms with van der Waals surface area (Å²) in [7, 11) is 1.72. The molecule has 0 aliphatic rings. The predicted octanol–water partition coefficient (Wildman–Crippen LogP) is 1.46. The predicted molar refractivity (Wildman–Crippen MR) is 59.6 cm³/mol. The highest BCUT2D eigenvalue weighted by Gasteiger charge is 2.13. The van der Waals surface area contributed by atoms with Crippen LogP contribution in [0.4, 0.5) is 5.82 Å². The summed E-state index contributed by atoms with van der Waals surface area (Å²) >= 11 is 0. The van der Waals surface area contributed by atoms with Crippen LogP contribution in [0.3, 0.4) is 0 Å². The number of aromatic nitrogens is 2. The monoisotopic (exact) mass is 215 g/mol. The van der Waals surface area contributed by atoms with Gasteiger partial charge in [0.1, 0.15) is 18.0 Å². The maximum Gasteiger partial charge on any atom is 0.179 e. The van der Waals surface area contributed by atoms with Crippen molar-refractivity contribution in [1.82, 2.24) is 9.97 Å². The van der Waals surface area contributed by atoms with Crippen LogP contribution in [-0.2, 0) is 6.42 Å². The summed E-state index contributed by atoms with van der Waals surface area (Å²) < 4.78 is 0. The molecule has 1 aromatic rings. The summed E-state index contributed by atoms with van der Waals surface area (Å²) in [5, 5.41) is 20.6. The smallest absolute Gasteiger partial charge is 0.179 e.